The molecular weight excluding hydrogens is 258 g/mol. The lowest BCUT2D eigenvalue weighted by Gasteiger charge is -2.27. The highest BCUT2D eigenvalue weighted by molar-refractivity contribution is 5.19. The molecule has 0 bridgehead atoms. The summed E-state index contributed by atoms with van der Waals surface area (Å²) in [6.07, 6.45) is 5.07. The Balaban J connectivity index is 2.05. The van der Waals surface area contributed by atoms with E-state index >= 15 is 0 Å². The van der Waals surface area contributed by atoms with Crippen LogP contribution >= 0.6 is 0 Å². The lowest BCUT2D eigenvalue weighted by atomic mass is 9.85. The van der Waals surface area contributed by atoms with Crippen LogP contribution in [0.2, 0.25) is 0 Å². The maximum atomic E-state index is 13.2. The summed E-state index contributed by atoms with van der Waals surface area (Å²) in [6, 6.07) is 3.92. The molecule has 1 fully saturated rings. The van der Waals surface area contributed by atoms with Gasteiger partial charge in [-0.3, -0.25) is 0 Å². The van der Waals surface area contributed by atoms with Crippen molar-refractivity contribution in [3.05, 3.63) is 35.4 Å². The number of halogens is 2. The molecule has 1 nitrogen and oxygen atoms in total. The van der Waals surface area contributed by atoms with Crippen molar-refractivity contribution in [1.82, 2.24) is 0 Å². The fourth-order valence-electron chi connectivity index (χ4n) is 3.29. The molecule has 1 aromatic carbocycles. The molecule has 1 saturated carbocycles. The Kier molecular flexibility index (Phi) is 4.79. The van der Waals surface area contributed by atoms with Gasteiger partial charge in [-0.2, -0.15) is 0 Å². The Labute approximate surface area is 120 Å². The van der Waals surface area contributed by atoms with E-state index in [4.69, 9.17) is 0 Å². The van der Waals surface area contributed by atoms with Gasteiger partial charge in [0.25, 0.3) is 0 Å². The van der Waals surface area contributed by atoms with Gasteiger partial charge < -0.3 is 5.11 Å². The molecule has 1 aromatic rings. The molecule has 2 atom stereocenters. The predicted octanol–water partition coefficient (Wildman–Crippen LogP) is 4.47. The van der Waals surface area contributed by atoms with Crippen LogP contribution < -0.4 is 0 Å². The van der Waals surface area contributed by atoms with Gasteiger partial charge >= 0.3 is 0 Å². The normalized spacial score (nSPS) is 27.6. The summed E-state index contributed by atoms with van der Waals surface area (Å²) >= 11 is 0. The molecule has 0 aromatic heterocycles. The van der Waals surface area contributed by atoms with Gasteiger partial charge in [0.05, 0.1) is 5.60 Å². The first-order valence-corrected chi connectivity index (χ1v) is 7.56. The number of hydrogen-bond acceptors (Lipinski definition) is 1. The van der Waals surface area contributed by atoms with Crippen LogP contribution in [-0.2, 0) is 6.42 Å². The van der Waals surface area contributed by atoms with Crippen molar-refractivity contribution in [2.24, 2.45) is 11.8 Å². The monoisotopic (exact) mass is 282 g/mol. The second-order valence-corrected chi connectivity index (χ2v) is 6.58. The molecule has 112 valence electrons. The molecule has 0 aliphatic heterocycles. The lowest BCUT2D eigenvalue weighted by Crippen LogP contribution is -2.30. The zero-order chi connectivity index (χ0) is 14.8. The van der Waals surface area contributed by atoms with Crippen molar-refractivity contribution < 1.29 is 13.9 Å². The third kappa shape index (κ3) is 3.78. The summed E-state index contributed by atoms with van der Waals surface area (Å²) in [5.41, 5.74) is -0.0946. The van der Waals surface area contributed by atoms with Crippen molar-refractivity contribution in [3.8, 4) is 0 Å². The van der Waals surface area contributed by atoms with Gasteiger partial charge in [0, 0.05) is 6.42 Å². The number of aliphatic hydroxyl groups is 1. The highest BCUT2D eigenvalue weighted by Crippen LogP contribution is 2.35. The van der Waals surface area contributed by atoms with Crippen LogP contribution in [0.5, 0.6) is 0 Å². The number of rotatable bonds is 3. The quantitative estimate of drug-likeness (QED) is 0.811. The summed E-state index contributed by atoms with van der Waals surface area (Å²) in [7, 11) is 0. The summed E-state index contributed by atoms with van der Waals surface area (Å²) in [4.78, 5) is 0. The molecule has 1 N–H and O–H groups in total. The van der Waals surface area contributed by atoms with E-state index in [0.29, 0.717) is 23.8 Å². The molecule has 0 saturated heterocycles. The fraction of sp³-hybridized carbons (Fsp3) is 0.647. The van der Waals surface area contributed by atoms with Crippen molar-refractivity contribution in [3.63, 3.8) is 0 Å². The van der Waals surface area contributed by atoms with E-state index in [1.807, 2.05) is 0 Å². The second-order valence-electron chi connectivity index (χ2n) is 6.58. The predicted molar refractivity (Wildman–Crippen MR) is 76.4 cm³/mol. The van der Waals surface area contributed by atoms with Gasteiger partial charge in [0.2, 0.25) is 0 Å². The van der Waals surface area contributed by atoms with Gasteiger partial charge in [-0.25, -0.2) is 8.78 Å². The molecule has 0 amide bonds. The first-order valence-electron chi connectivity index (χ1n) is 7.56. The fourth-order valence-corrected chi connectivity index (χ4v) is 3.29. The van der Waals surface area contributed by atoms with Crippen LogP contribution in [0.25, 0.3) is 0 Å². The largest absolute Gasteiger partial charge is 0.390 e. The Bertz CT molecular complexity index is 458. The van der Waals surface area contributed by atoms with Crippen LogP contribution in [0, 0.1) is 23.5 Å². The first-order chi connectivity index (χ1) is 9.39. The van der Waals surface area contributed by atoms with Crippen molar-refractivity contribution in [2.75, 3.05) is 0 Å². The minimum Gasteiger partial charge on any atom is -0.390 e. The van der Waals surface area contributed by atoms with E-state index in [1.165, 1.54) is 6.07 Å². The van der Waals surface area contributed by atoms with Crippen LogP contribution in [-0.4, -0.2) is 10.7 Å². The van der Waals surface area contributed by atoms with E-state index in [9.17, 15) is 13.9 Å². The molecular formula is C17H24F2O. The van der Waals surface area contributed by atoms with E-state index < -0.39 is 17.2 Å². The molecule has 1 aliphatic carbocycles. The van der Waals surface area contributed by atoms with Crippen molar-refractivity contribution in [2.45, 2.75) is 58.0 Å². The Morgan fingerprint density at radius 3 is 2.60 bits per heavy atom. The average Bonchev–Trinajstić information content (AvgIpc) is 2.56. The Morgan fingerprint density at radius 1 is 1.20 bits per heavy atom. The Hall–Kier alpha value is -0.960. The van der Waals surface area contributed by atoms with Gasteiger partial charge in [0.15, 0.2) is 11.6 Å². The summed E-state index contributed by atoms with van der Waals surface area (Å²) in [5.74, 6) is -0.365. The van der Waals surface area contributed by atoms with Crippen LogP contribution in [0.3, 0.4) is 0 Å². The number of benzene rings is 1. The van der Waals surface area contributed by atoms with Gasteiger partial charge in [-0.1, -0.05) is 32.8 Å². The van der Waals surface area contributed by atoms with Gasteiger partial charge in [-0.05, 0) is 48.8 Å². The average molecular weight is 282 g/mol. The first kappa shape index (κ1) is 15.4. The molecule has 20 heavy (non-hydrogen) atoms. The van der Waals surface area contributed by atoms with Crippen LogP contribution in [0.1, 0.15) is 51.5 Å². The molecule has 3 heteroatoms. The zero-order valence-corrected chi connectivity index (χ0v) is 12.3. The molecule has 0 radical (unpaired) electrons. The van der Waals surface area contributed by atoms with Crippen LogP contribution in [0.15, 0.2) is 18.2 Å². The van der Waals surface area contributed by atoms with Crippen LogP contribution in [0.4, 0.5) is 8.78 Å². The van der Waals surface area contributed by atoms with E-state index in [1.54, 1.807) is 6.07 Å². The molecule has 0 heterocycles. The van der Waals surface area contributed by atoms with E-state index in [0.717, 1.165) is 38.2 Å². The Morgan fingerprint density at radius 2 is 1.95 bits per heavy atom. The summed E-state index contributed by atoms with van der Waals surface area (Å²) in [5, 5.41) is 10.7. The second kappa shape index (κ2) is 6.21. The molecule has 1 aliphatic rings. The van der Waals surface area contributed by atoms with E-state index in [2.05, 4.69) is 13.8 Å². The third-order valence-corrected chi connectivity index (χ3v) is 4.66. The minimum absolute atomic E-state index is 0.412. The third-order valence-electron chi connectivity index (χ3n) is 4.66. The maximum absolute atomic E-state index is 13.2. The van der Waals surface area contributed by atoms with E-state index in [-0.39, 0.29) is 0 Å². The van der Waals surface area contributed by atoms with Gasteiger partial charge in [0.1, 0.15) is 0 Å². The highest BCUT2D eigenvalue weighted by atomic mass is 19.2. The van der Waals surface area contributed by atoms with Crippen molar-refractivity contribution >= 4 is 0 Å². The van der Waals surface area contributed by atoms with Gasteiger partial charge in [-0.15, -0.1) is 0 Å². The summed E-state index contributed by atoms with van der Waals surface area (Å²) in [6.45, 7) is 4.45. The molecule has 0 spiro atoms. The smallest absolute Gasteiger partial charge is 0.159 e. The minimum atomic E-state index is -0.834. The zero-order valence-electron chi connectivity index (χ0n) is 12.3. The highest BCUT2D eigenvalue weighted by Gasteiger charge is 2.32. The lowest BCUT2D eigenvalue weighted by molar-refractivity contribution is 0.0236. The summed E-state index contributed by atoms with van der Waals surface area (Å²) < 4.78 is 26.2. The SMILES string of the molecule is CC(C)C1CCCC(O)(Cc2ccc(F)c(F)c2)CC1. The topological polar surface area (TPSA) is 20.2 Å². The molecule has 2 rings (SSSR count). The van der Waals surface area contributed by atoms with Crippen molar-refractivity contribution in [1.29, 1.82) is 0 Å². The number of hydrogen-bond donors (Lipinski definition) is 1. The molecule has 2 unspecified atom stereocenters. The maximum Gasteiger partial charge on any atom is 0.159 e. The standard InChI is InChI=1S/C17H24F2O/c1-12(2)14-4-3-8-17(20,9-7-14)11-13-5-6-15(18)16(19)10-13/h5-6,10,12,14,20H,3-4,7-9,11H2,1-2H3.